The maximum absolute atomic E-state index is 11.6. The standard InChI is InChI=1S/C15H23N3O2S/c19-15(18-11-14-10-16-6-8-20-14)17-7-9-21-12-13-4-2-1-3-5-13/h1-5,14,16H,6-12H2,(H2,17,18,19)/t14-/m1/s1. The lowest BCUT2D eigenvalue weighted by atomic mass is 10.2. The number of benzene rings is 1. The molecule has 0 radical (unpaired) electrons. The molecule has 1 aliphatic rings. The quantitative estimate of drug-likeness (QED) is 0.663. The van der Waals surface area contributed by atoms with Gasteiger partial charge in [0.15, 0.2) is 0 Å². The first-order valence-corrected chi connectivity index (χ1v) is 8.46. The topological polar surface area (TPSA) is 62.4 Å². The molecule has 3 N–H and O–H groups in total. The number of hydrogen-bond donors (Lipinski definition) is 3. The minimum Gasteiger partial charge on any atom is -0.374 e. The molecule has 1 aromatic carbocycles. The number of amides is 2. The zero-order valence-electron chi connectivity index (χ0n) is 12.1. The molecule has 0 unspecified atom stereocenters. The number of nitrogens with one attached hydrogen (secondary N) is 3. The van der Waals surface area contributed by atoms with E-state index in [0.717, 1.165) is 24.6 Å². The number of morpholine rings is 1. The number of carbonyl (C=O) groups excluding carboxylic acids is 1. The molecule has 1 fully saturated rings. The Hall–Kier alpha value is -1.24. The first-order chi connectivity index (χ1) is 10.3. The van der Waals surface area contributed by atoms with Crippen LogP contribution in [0.4, 0.5) is 4.79 Å². The van der Waals surface area contributed by atoms with Crippen LogP contribution in [0, 0.1) is 0 Å². The third-order valence-corrected chi connectivity index (χ3v) is 4.17. The molecule has 1 atom stereocenters. The molecule has 2 rings (SSSR count). The number of urea groups is 1. The van der Waals surface area contributed by atoms with E-state index < -0.39 is 0 Å². The van der Waals surface area contributed by atoms with E-state index in [-0.39, 0.29) is 12.1 Å². The van der Waals surface area contributed by atoms with Crippen molar-refractivity contribution in [2.45, 2.75) is 11.9 Å². The minimum absolute atomic E-state index is 0.0805. The molecule has 21 heavy (non-hydrogen) atoms. The minimum atomic E-state index is -0.121. The van der Waals surface area contributed by atoms with Crippen LogP contribution in [0.1, 0.15) is 5.56 Å². The van der Waals surface area contributed by atoms with E-state index in [1.165, 1.54) is 5.56 Å². The lowest BCUT2D eigenvalue weighted by Gasteiger charge is -2.23. The average Bonchev–Trinajstić information content (AvgIpc) is 2.54. The highest BCUT2D eigenvalue weighted by atomic mass is 32.2. The van der Waals surface area contributed by atoms with Gasteiger partial charge in [0.25, 0.3) is 0 Å². The Balaban J connectivity index is 1.47. The summed E-state index contributed by atoms with van der Waals surface area (Å²) in [5.41, 5.74) is 1.31. The molecular weight excluding hydrogens is 286 g/mol. The van der Waals surface area contributed by atoms with Crippen molar-refractivity contribution in [3.8, 4) is 0 Å². The first-order valence-electron chi connectivity index (χ1n) is 7.30. The van der Waals surface area contributed by atoms with Gasteiger partial charge in [0.05, 0.1) is 12.7 Å². The highest BCUT2D eigenvalue weighted by Gasteiger charge is 2.13. The number of ether oxygens (including phenoxy) is 1. The van der Waals surface area contributed by atoms with Gasteiger partial charge in [-0.1, -0.05) is 30.3 Å². The predicted octanol–water partition coefficient (Wildman–Crippen LogP) is 1.21. The lowest BCUT2D eigenvalue weighted by molar-refractivity contribution is 0.0307. The van der Waals surface area contributed by atoms with Crippen LogP contribution < -0.4 is 16.0 Å². The van der Waals surface area contributed by atoms with Gasteiger partial charge in [0, 0.05) is 37.7 Å². The summed E-state index contributed by atoms with van der Waals surface area (Å²) >= 11 is 1.82. The van der Waals surface area contributed by atoms with Gasteiger partial charge < -0.3 is 20.7 Å². The van der Waals surface area contributed by atoms with Crippen molar-refractivity contribution in [3.63, 3.8) is 0 Å². The highest BCUT2D eigenvalue weighted by Crippen LogP contribution is 2.10. The number of thioether (sulfide) groups is 1. The van der Waals surface area contributed by atoms with E-state index in [4.69, 9.17) is 4.74 Å². The van der Waals surface area contributed by atoms with Gasteiger partial charge in [0.1, 0.15) is 0 Å². The Labute approximate surface area is 130 Å². The lowest BCUT2D eigenvalue weighted by Crippen LogP contribution is -2.47. The fourth-order valence-electron chi connectivity index (χ4n) is 2.02. The summed E-state index contributed by atoms with van der Waals surface area (Å²) in [7, 11) is 0. The SMILES string of the molecule is O=C(NCCSCc1ccccc1)NC[C@H]1CNCCO1. The zero-order chi connectivity index (χ0) is 14.8. The largest absolute Gasteiger partial charge is 0.374 e. The second-order valence-electron chi connectivity index (χ2n) is 4.87. The summed E-state index contributed by atoms with van der Waals surface area (Å²) in [6.45, 7) is 3.63. The van der Waals surface area contributed by atoms with Gasteiger partial charge in [-0.3, -0.25) is 0 Å². The third-order valence-electron chi connectivity index (χ3n) is 3.14. The molecule has 1 aliphatic heterocycles. The van der Waals surface area contributed by atoms with Crippen molar-refractivity contribution in [2.24, 2.45) is 0 Å². The predicted molar refractivity (Wildman–Crippen MR) is 86.6 cm³/mol. The summed E-state index contributed by atoms with van der Waals surface area (Å²) < 4.78 is 5.51. The molecule has 5 nitrogen and oxygen atoms in total. The van der Waals surface area contributed by atoms with E-state index >= 15 is 0 Å². The van der Waals surface area contributed by atoms with E-state index in [1.54, 1.807) is 0 Å². The molecule has 1 heterocycles. The van der Waals surface area contributed by atoms with Crippen molar-refractivity contribution in [2.75, 3.05) is 38.5 Å². The van der Waals surface area contributed by atoms with Gasteiger partial charge in [0.2, 0.25) is 0 Å². The van der Waals surface area contributed by atoms with Crippen LogP contribution >= 0.6 is 11.8 Å². The summed E-state index contributed by atoms with van der Waals surface area (Å²) in [5.74, 6) is 1.88. The van der Waals surface area contributed by atoms with Crippen molar-refractivity contribution < 1.29 is 9.53 Å². The van der Waals surface area contributed by atoms with Crippen molar-refractivity contribution >= 4 is 17.8 Å². The van der Waals surface area contributed by atoms with Crippen molar-refractivity contribution in [1.82, 2.24) is 16.0 Å². The molecule has 0 aromatic heterocycles. The van der Waals surface area contributed by atoms with Crippen LogP contribution in [0.3, 0.4) is 0 Å². The zero-order valence-corrected chi connectivity index (χ0v) is 13.0. The normalized spacial score (nSPS) is 18.2. The molecule has 1 aromatic rings. The summed E-state index contributed by atoms with van der Waals surface area (Å²) in [5, 5.41) is 8.93. The Kier molecular flexibility index (Phi) is 7.42. The fourth-order valence-corrected chi connectivity index (χ4v) is 2.84. The van der Waals surface area contributed by atoms with E-state index in [9.17, 15) is 4.79 Å². The first kappa shape index (κ1) is 16.1. The molecule has 1 saturated heterocycles. The van der Waals surface area contributed by atoms with Gasteiger partial charge >= 0.3 is 6.03 Å². The summed E-state index contributed by atoms with van der Waals surface area (Å²) in [4.78, 5) is 11.6. The smallest absolute Gasteiger partial charge is 0.314 e. The molecule has 6 heteroatoms. The van der Waals surface area contributed by atoms with Gasteiger partial charge in [-0.05, 0) is 5.56 Å². The molecule has 116 valence electrons. The highest BCUT2D eigenvalue weighted by molar-refractivity contribution is 7.98. The van der Waals surface area contributed by atoms with E-state index in [1.807, 2.05) is 30.0 Å². The second kappa shape index (κ2) is 9.65. The van der Waals surface area contributed by atoms with E-state index in [0.29, 0.717) is 19.7 Å². The summed E-state index contributed by atoms with van der Waals surface area (Å²) in [6, 6.07) is 10.2. The van der Waals surface area contributed by atoms with Gasteiger partial charge in [-0.25, -0.2) is 4.79 Å². The third kappa shape index (κ3) is 6.84. The van der Waals surface area contributed by atoms with Crippen LogP contribution in [0.2, 0.25) is 0 Å². The van der Waals surface area contributed by atoms with Crippen LogP contribution in [0.15, 0.2) is 30.3 Å². The fraction of sp³-hybridized carbons (Fsp3) is 0.533. The number of hydrogen-bond acceptors (Lipinski definition) is 4. The van der Waals surface area contributed by atoms with Crippen LogP contribution in [0.5, 0.6) is 0 Å². The molecular formula is C15H23N3O2S. The molecule has 0 spiro atoms. The Morgan fingerprint density at radius 1 is 1.33 bits per heavy atom. The van der Waals surface area contributed by atoms with Gasteiger partial charge in [-0.15, -0.1) is 0 Å². The number of rotatable bonds is 7. The van der Waals surface area contributed by atoms with Gasteiger partial charge in [-0.2, -0.15) is 11.8 Å². The Bertz CT molecular complexity index is 411. The monoisotopic (exact) mass is 309 g/mol. The van der Waals surface area contributed by atoms with Crippen LogP contribution in [0.25, 0.3) is 0 Å². The average molecular weight is 309 g/mol. The molecule has 0 bridgehead atoms. The molecule has 0 aliphatic carbocycles. The van der Waals surface area contributed by atoms with E-state index in [2.05, 4.69) is 28.1 Å². The van der Waals surface area contributed by atoms with Crippen molar-refractivity contribution in [1.29, 1.82) is 0 Å². The Morgan fingerprint density at radius 2 is 2.19 bits per heavy atom. The summed E-state index contributed by atoms with van der Waals surface area (Å²) in [6.07, 6.45) is 0.0805. The molecule has 0 saturated carbocycles. The second-order valence-corrected chi connectivity index (χ2v) is 5.98. The van der Waals surface area contributed by atoms with Crippen LogP contribution in [-0.4, -0.2) is 50.7 Å². The Morgan fingerprint density at radius 3 is 2.95 bits per heavy atom. The molecule has 2 amide bonds. The number of carbonyl (C=O) groups is 1. The maximum atomic E-state index is 11.6. The van der Waals surface area contributed by atoms with Crippen LogP contribution in [-0.2, 0) is 10.5 Å². The maximum Gasteiger partial charge on any atom is 0.314 e. The van der Waals surface area contributed by atoms with Crippen molar-refractivity contribution in [3.05, 3.63) is 35.9 Å².